The number of carbonyl (C=O) groups is 1. The third kappa shape index (κ3) is 5.67. The lowest BCUT2D eigenvalue weighted by atomic mass is 9.93. The quantitative estimate of drug-likeness (QED) is 0.531. The molecule has 1 saturated carbocycles. The van der Waals surface area contributed by atoms with Crippen molar-refractivity contribution in [2.24, 2.45) is 0 Å². The molecule has 1 aliphatic carbocycles. The highest BCUT2D eigenvalue weighted by atomic mass is 35.5. The molecule has 0 amide bonds. The number of rotatable bonds is 4. The minimum atomic E-state index is -1.83. The van der Waals surface area contributed by atoms with Crippen LogP contribution in [0, 0.1) is 17.7 Å². The van der Waals surface area contributed by atoms with Crippen molar-refractivity contribution in [2.75, 3.05) is 6.54 Å². The molecule has 32 heavy (non-hydrogen) atoms. The lowest BCUT2D eigenvalue weighted by molar-refractivity contribution is -0.940. The van der Waals surface area contributed by atoms with Crippen molar-refractivity contribution >= 4 is 23.1 Å². The van der Waals surface area contributed by atoms with Gasteiger partial charge in [0, 0.05) is 0 Å². The molecule has 0 unspecified atom stereocenters. The van der Waals surface area contributed by atoms with E-state index in [1.807, 2.05) is 0 Å². The van der Waals surface area contributed by atoms with Crippen LogP contribution in [0.5, 0.6) is 0 Å². The molecule has 1 aromatic rings. The summed E-state index contributed by atoms with van der Waals surface area (Å²) in [5, 5.41) is 11.2. The van der Waals surface area contributed by atoms with Gasteiger partial charge in [0.1, 0.15) is 5.02 Å². The summed E-state index contributed by atoms with van der Waals surface area (Å²) in [6.07, 6.45) is 2.89. The first kappa shape index (κ1) is 26.3. The van der Waals surface area contributed by atoms with Crippen molar-refractivity contribution in [2.45, 2.75) is 84.6 Å². The Kier molecular flexibility index (Phi) is 8.82. The standard InChI is InChI=1S/C14H11ClF3NO4.C8H19N/c15-8-6(9(16)11(18)19-10(8)17)7-12(20)22-14(23-13(7)21)4-2-1-3-5-14;1-6-9(7(2)3)8(4)5/h20H,1-5H2;7-8H,6H2,1-5H3. The van der Waals surface area contributed by atoms with Gasteiger partial charge < -0.3 is 19.5 Å². The monoisotopic (exact) mass is 478 g/mol. The summed E-state index contributed by atoms with van der Waals surface area (Å²) in [7, 11) is 0. The highest BCUT2D eigenvalue weighted by Gasteiger charge is 2.40. The average molecular weight is 479 g/mol. The van der Waals surface area contributed by atoms with Gasteiger partial charge in [-0.1, -0.05) is 18.0 Å². The zero-order chi connectivity index (χ0) is 24.2. The Morgan fingerprint density at radius 3 is 2.06 bits per heavy atom. The minimum absolute atomic E-state index is 0.313. The number of quaternary nitrogens is 1. The van der Waals surface area contributed by atoms with Crippen molar-refractivity contribution in [3.8, 4) is 0 Å². The maximum Gasteiger partial charge on any atom is 0.342 e. The van der Waals surface area contributed by atoms with E-state index in [1.165, 1.54) is 6.54 Å². The van der Waals surface area contributed by atoms with E-state index in [1.54, 1.807) is 4.90 Å². The zero-order valence-corrected chi connectivity index (χ0v) is 19.7. The van der Waals surface area contributed by atoms with E-state index in [9.17, 15) is 23.1 Å². The average Bonchev–Trinajstić information content (AvgIpc) is 2.69. The summed E-state index contributed by atoms with van der Waals surface area (Å²) in [4.78, 5) is 16.4. The Bertz CT molecular complexity index is 837. The summed E-state index contributed by atoms with van der Waals surface area (Å²) in [5.74, 6) is -8.95. The van der Waals surface area contributed by atoms with E-state index in [0.717, 1.165) is 18.5 Å². The SMILES string of the molecule is CC[NH+](C(C)C)C(C)C.O=C1OC2(CCCCC2)OC([O-])=C1c1c(F)c(F)nc(F)c1Cl. The number of nitrogens with one attached hydrogen (secondary N) is 1. The first-order chi connectivity index (χ1) is 14.9. The number of halogens is 4. The molecule has 0 saturated heterocycles. The van der Waals surface area contributed by atoms with Gasteiger partial charge in [0.15, 0.2) is 11.6 Å². The molecule has 1 spiro atoms. The summed E-state index contributed by atoms with van der Waals surface area (Å²) in [6, 6.07) is 1.55. The summed E-state index contributed by atoms with van der Waals surface area (Å²) in [5.41, 5.74) is -2.03. The van der Waals surface area contributed by atoms with Crippen LogP contribution in [0.4, 0.5) is 13.2 Å². The molecule has 0 bridgehead atoms. The van der Waals surface area contributed by atoms with Gasteiger partial charge in [-0.05, 0) is 60.3 Å². The van der Waals surface area contributed by atoms with E-state index in [0.29, 0.717) is 25.7 Å². The fourth-order valence-electron chi connectivity index (χ4n) is 4.23. The molecule has 0 atom stereocenters. The van der Waals surface area contributed by atoms with Crippen LogP contribution in [0.2, 0.25) is 5.02 Å². The molecular formula is C22H30ClF3N2O4. The van der Waals surface area contributed by atoms with E-state index in [4.69, 9.17) is 21.1 Å². The Morgan fingerprint density at radius 1 is 1.06 bits per heavy atom. The highest BCUT2D eigenvalue weighted by molar-refractivity contribution is 6.34. The van der Waals surface area contributed by atoms with Gasteiger partial charge in [-0.15, -0.1) is 0 Å². The molecule has 0 radical (unpaired) electrons. The number of esters is 1. The first-order valence-corrected chi connectivity index (χ1v) is 11.2. The van der Waals surface area contributed by atoms with Gasteiger partial charge in [-0.3, -0.25) is 0 Å². The van der Waals surface area contributed by atoms with Crippen LogP contribution in [-0.4, -0.2) is 35.4 Å². The maximum absolute atomic E-state index is 13.9. The number of aromatic nitrogens is 1. The van der Waals surface area contributed by atoms with Gasteiger partial charge in [0.2, 0.25) is 5.95 Å². The molecule has 180 valence electrons. The molecule has 1 fully saturated rings. The number of hydrogen-bond acceptors (Lipinski definition) is 5. The van der Waals surface area contributed by atoms with Crippen LogP contribution < -0.4 is 10.0 Å². The van der Waals surface area contributed by atoms with Crippen molar-refractivity contribution in [1.82, 2.24) is 4.98 Å². The number of hydrogen-bond donors (Lipinski definition) is 1. The molecule has 1 aliphatic heterocycles. The molecule has 10 heteroatoms. The summed E-state index contributed by atoms with van der Waals surface area (Å²) >= 11 is 5.53. The lowest BCUT2D eigenvalue weighted by Crippen LogP contribution is -3.17. The van der Waals surface area contributed by atoms with Gasteiger partial charge in [-0.25, -0.2) is 9.18 Å². The third-order valence-corrected chi connectivity index (χ3v) is 6.06. The maximum atomic E-state index is 13.9. The Hall–Kier alpha value is -2.00. The predicted molar refractivity (Wildman–Crippen MR) is 111 cm³/mol. The topological polar surface area (TPSA) is 75.9 Å². The fraction of sp³-hybridized carbons (Fsp3) is 0.636. The number of ether oxygens (including phenoxy) is 2. The second-order valence-corrected chi connectivity index (χ2v) is 8.94. The van der Waals surface area contributed by atoms with Gasteiger partial charge in [0.25, 0.3) is 5.95 Å². The number of nitrogens with zero attached hydrogens (tertiary/aromatic N) is 1. The highest BCUT2D eigenvalue weighted by Crippen LogP contribution is 2.41. The Morgan fingerprint density at radius 2 is 1.62 bits per heavy atom. The molecule has 1 aromatic heterocycles. The molecule has 1 N–H and O–H groups in total. The van der Waals surface area contributed by atoms with E-state index in [2.05, 4.69) is 39.6 Å². The summed E-state index contributed by atoms with van der Waals surface area (Å²) < 4.78 is 50.8. The Labute approximate surface area is 191 Å². The van der Waals surface area contributed by atoms with Gasteiger partial charge in [-0.2, -0.15) is 13.8 Å². The van der Waals surface area contributed by atoms with Crippen molar-refractivity contribution in [3.63, 3.8) is 0 Å². The number of carbonyl (C=O) groups excluding carboxylic acids is 1. The predicted octanol–water partition coefficient (Wildman–Crippen LogP) is 3.12. The largest absolute Gasteiger partial charge is 0.574 e. The smallest absolute Gasteiger partial charge is 0.342 e. The molecule has 2 aliphatic rings. The summed E-state index contributed by atoms with van der Waals surface area (Å²) in [6.45, 7) is 12.6. The van der Waals surface area contributed by atoms with E-state index >= 15 is 0 Å². The minimum Gasteiger partial charge on any atom is -0.574 e. The molecule has 3 rings (SSSR count). The molecule has 2 heterocycles. The van der Waals surface area contributed by atoms with Crippen LogP contribution >= 0.6 is 11.6 Å². The van der Waals surface area contributed by atoms with Crippen molar-refractivity contribution in [1.29, 1.82) is 0 Å². The van der Waals surface area contributed by atoms with Crippen LogP contribution in [0.15, 0.2) is 5.95 Å². The fourth-order valence-corrected chi connectivity index (χ4v) is 4.45. The van der Waals surface area contributed by atoms with Crippen LogP contribution in [0.25, 0.3) is 5.57 Å². The molecule has 6 nitrogen and oxygen atoms in total. The van der Waals surface area contributed by atoms with Crippen LogP contribution in [0.3, 0.4) is 0 Å². The molecule has 0 aromatic carbocycles. The van der Waals surface area contributed by atoms with Crippen LogP contribution in [0.1, 0.15) is 72.3 Å². The second kappa shape index (κ2) is 10.7. The van der Waals surface area contributed by atoms with Gasteiger partial charge in [0.05, 0.1) is 35.7 Å². The second-order valence-electron chi connectivity index (χ2n) is 8.56. The normalized spacial score (nSPS) is 18.1. The lowest BCUT2D eigenvalue weighted by Gasteiger charge is -2.46. The zero-order valence-electron chi connectivity index (χ0n) is 19.0. The molecular weight excluding hydrogens is 449 g/mol. The number of pyridine rings is 1. The Balaban J connectivity index is 0.000000344. The van der Waals surface area contributed by atoms with Crippen LogP contribution in [-0.2, 0) is 14.3 Å². The van der Waals surface area contributed by atoms with Gasteiger partial charge >= 0.3 is 5.97 Å². The van der Waals surface area contributed by atoms with E-state index in [-0.39, 0.29) is 0 Å². The van der Waals surface area contributed by atoms with Crippen molar-refractivity contribution in [3.05, 3.63) is 34.2 Å². The first-order valence-electron chi connectivity index (χ1n) is 10.8. The van der Waals surface area contributed by atoms with E-state index < -0.39 is 51.6 Å². The van der Waals surface area contributed by atoms with Crippen molar-refractivity contribution < 1.29 is 37.4 Å². The third-order valence-electron chi connectivity index (χ3n) is 5.72.